The molecule has 0 spiro atoms. The van der Waals surface area contributed by atoms with E-state index in [-0.39, 0.29) is 18.1 Å². The van der Waals surface area contributed by atoms with Crippen molar-refractivity contribution in [1.82, 2.24) is 0 Å². The van der Waals surface area contributed by atoms with Crippen molar-refractivity contribution >= 4 is 5.78 Å². The maximum Gasteiger partial charge on any atom is 0.201 e. The van der Waals surface area contributed by atoms with Crippen LogP contribution in [0.3, 0.4) is 0 Å². The smallest absolute Gasteiger partial charge is 0.201 e. The van der Waals surface area contributed by atoms with Crippen LogP contribution >= 0.6 is 0 Å². The number of rotatable bonds is 3. The molecule has 0 aromatic carbocycles. The average Bonchev–Trinajstić information content (AvgIpc) is 2.55. The van der Waals surface area contributed by atoms with Crippen LogP contribution in [0.2, 0.25) is 0 Å². The van der Waals surface area contributed by atoms with E-state index in [0.29, 0.717) is 5.76 Å². The van der Waals surface area contributed by atoms with Crippen molar-refractivity contribution in [3.8, 4) is 6.07 Å². The first-order valence-corrected chi connectivity index (χ1v) is 3.70. The van der Waals surface area contributed by atoms with Crippen LogP contribution in [-0.2, 0) is 0 Å². The van der Waals surface area contributed by atoms with Crippen molar-refractivity contribution in [2.24, 2.45) is 5.92 Å². The summed E-state index contributed by atoms with van der Waals surface area (Å²) >= 11 is 0. The first kappa shape index (κ1) is 8.54. The van der Waals surface area contributed by atoms with E-state index in [2.05, 4.69) is 0 Å². The Labute approximate surface area is 70.6 Å². The van der Waals surface area contributed by atoms with Gasteiger partial charge in [-0.1, -0.05) is 6.92 Å². The summed E-state index contributed by atoms with van der Waals surface area (Å²) in [5, 5.41) is 8.35. The zero-order valence-corrected chi connectivity index (χ0v) is 6.78. The zero-order chi connectivity index (χ0) is 8.97. The molecule has 3 heteroatoms. The Hall–Kier alpha value is -1.56. The second kappa shape index (κ2) is 3.72. The molecule has 0 aliphatic carbocycles. The lowest BCUT2D eigenvalue weighted by molar-refractivity contribution is 0.0903. The summed E-state index contributed by atoms with van der Waals surface area (Å²) in [6, 6.07) is 5.21. The monoisotopic (exact) mass is 163 g/mol. The maximum absolute atomic E-state index is 11.4. The lowest BCUT2D eigenvalue weighted by atomic mass is 10.0. The molecule has 12 heavy (non-hydrogen) atoms. The lowest BCUT2D eigenvalue weighted by Crippen LogP contribution is -2.09. The number of hydrogen-bond donors (Lipinski definition) is 0. The summed E-state index contributed by atoms with van der Waals surface area (Å²) in [6.45, 7) is 1.72. The molecule has 0 aliphatic heterocycles. The van der Waals surface area contributed by atoms with Crippen molar-refractivity contribution in [1.29, 1.82) is 5.26 Å². The Balaban J connectivity index is 2.67. The number of hydrogen-bond acceptors (Lipinski definition) is 3. The van der Waals surface area contributed by atoms with E-state index >= 15 is 0 Å². The summed E-state index contributed by atoms with van der Waals surface area (Å²) in [6.07, 6.45) is 1.69. The third kappa shape index (κ3) is 1.73. The number of ketones is 1. The van der Waals surface area contributed by atoms with E-state index < -0.39 is 0 Å². The summed E-state index contributed by atoms with van der Waals surface area (Å²) in [5.41, 5.74) is 0. The SMILES string of the molecule is CC(CC#N)C(=O)c1ccco1. The molecule has 1 aromatic rings. The third-order valence-corrected chi connectivity index (χ3v) is 1.61. The predicted molar refractivity (Wildman–Crippen MR) is 42.4 cm³/mol. The molecular formula is C9H9NO2. The van der Waals surface area contributed by atoms with Crippen LogP contribution in [0, 0.1) is 17.2 Å². The molecule has 1 aromatic heterocycles. The average molecular weight is 163 g/mol. The van der Waals surface area contributed by atoms with Gasteiger partial charge < -0.3 is 4.42 Å². The normalized spacial score (nSPS) is 12.0. The van der Waals surface area contributed by atoms with E-state index in [1.165, 1.54) is 6.26 Å². The molecule has 62 valence electrons. The van der Waals surface area contributed by atoms with Crippen LogP contribution < -0.4 is 0 Å². The number of carbonyl (C=O) groups excluding carboxylic acids is 1. The Morgan fingerprint density at radius 1 is 1.83 bits per heavy atom. The van der Waals surface area contributed by atoms with E-state index in [1.807, 2.05) is 6.07 Å². The highest BCUT2D eigenvalue weighted by Gasteiger charge is 2.16. The van der Waals surface area contributed by atoms with E-state index in [0.717, 1.165) is 0 Å². The number of furan rings is 1. The van der Waals surface area contributed by atoms with Gasteiger partial charge in [-0.2, -0.15) is 5.26 Å². The second-order valence-electron chi connectivity index (χ2n) is 2.60. The molecule has 0 saturated heterocycles. The van der Waals surface area contributed by atoms with Gasteiger partial charge >= 0.3 is 0 Å². The fraction of sp³-hybridized carbons (Fsp3) is 0.333. The van der Waals surface area contributed by atoms with Gasteiger partial charge in [0.15, 0.2) is 5.76 Å². The second-order valence-corrected chi connectivity index (χ2v) is 2.60. The predicted octanol–water partition coefficient (Wildman–Crippen LogP) is 2.01. The van der Waals surface area contributed by atoms with Gasteiger partial charge in [0.1, 0.15) is 0 Å². The number of carbonyl (C=O) groups is 1. The molecule has 0 bridgehead atoms. The summed E-state index contributed by atoms with van der Waals surface area (Å²) in [5.74, 6) is -0.0551. The Kier molecular flexibility index (Phi) is 2.65. The van der Waals surface area contributed by atoms with Crippen molar-refractivity contribution in [2.75, 3.05) is 0 Å². The fourth-order valence-corrected chi connectivity index (χ4v) is 0.891. The minimum absolute atomic E-state index is 0.110. The summed E-state index contributed by atoms with van der Waals surface area (Å²) in [7, 11) is 0. The molecule has 3 nitrogen and oxygen atoms in total. The Morgan fingerprint density at radius 3 is 3.08 bits per heavy atom. The van der Waals surface area contributed by atoms with Gasteiger partial charge in [0.2, 0.25) is 5.78 Å². The molecule has 1 heterocycles. The molecule has 1 unspecified atom stereocenters. The maximum atomic E-state index is 11.4. The first-order chi connectivity index (χ1) is 5.75. The third-order valence-electron chi connectivity index (χ3n) is 1.61. The van der Waals surface area contributed by atoms with Crippen LogP contribution in [0.5, 0.6) is 0 Å². The highest BCUT2D eigenvalue weighted by atomic mass is 16.3. The van der Waals surface area contributed by atoms with Gasteiger partial charge in [-0.15, -0.1) is 0 Å². The number of nitriles is 1. The Bertz CT molecular complexity index is 295. The van der Waals surface area contributed by atoms with Crippen LogP contribution in [-0.4, -0.2) is 5.78 Å². The molecule has 0 N–H and O–H groups in total. The quantitative estimate of drug-likeness (QED) is 0.640. The minimum Gasteiger partial charge on any atom is -0.461 e. The number of nitrogens with zero attached hydrogens (tertiary/aromatic N) is 1. The summed E-state index contributed by atoms with van der Waals surface area (Å²) < 4.78 is 4.90. The highest BCUT2D eigenvalue weighted by Crippen LogP contribution is 2.11. The summed E-state index contributed by atoms with van der Waals surface area (Å²) in [4.78, 5) is 11.4. The molecule has 1 rings (SSSR count). The standard InChI is InChI=1S/C9H9NO2/c1-7(4-5-10)9(11)8-3-2-6-12-8/h2-3,6-7H,4H2,1H3. The van der Waals surface area contributed by atoms with Crippen LogP contribution in [0.4, 0.5) is 0 Å². The van der Waals surface area contributed by atoms with E-state index in [1.54, 1.807) is 19.1 Å². The van der Waals surface area contributed by atoms with Crippen LogP contribution in [0.1, 0.15) is 23.9 Å². The Morgan fingerprint density at radius 2 is 2.58 bits per heavy atom. The topological polar surface area (TPSA) is 54.0 Å². The fourth-order valence-electron chi connectivity index (χ4n) is 0.891. The molecule has 1 atom stereocenters. The largest absolute Gasteiger partial charge is 0.461 e. The van der Waals surface area contributed by atoms with Crippen molar-refractivity contribution < 1.29 is 9.21 Å². The minimum atomic E-state index is -0.277. The highest BCUT2D eigenvalue weighted by molar-refractivity contribution is 5.95. The first-order valence-electron chi connectivity index (χ1n) is 3.70. The molecule has 0 saturated carbocycles. The number of Topliss-reactive ketones (excluding diaryl/α,β-unsaturated/α-hetero) is 1. The van der Waals surface area contributed by atoms with Gasteiger partial charge in [-0.05, 0) is 12.1 Å². The van der Waals surface area contributed by atoms with Gasteiger partial charge in [-0.3, -0.25) is 4.79 Å². The van der Waals surface area contributed by atoms with Gasteiger partial charge in [0.05, 0.1) is 12.3 Å². The zero-order valence-electron chi connectivity index (χ0n) is 6.78. The van der Waals surface area contributed by atoms with E-state index in [9.17, 15) is 4.79 Å². The van der Waals surface area contributed by atoms with Gasteiger partial charge in [0.25, 0.3) is 0 Å². The lowest BCUT2D eigenvalue weighted by Gasteiger charge is -2.01. The molecule has 0 radical (unpaired) electrons. The van der Waals surface area contributed by atoms with Crippen LogP contribution in [0.15, 0.2) is 22.8 Å². The van der Waals surface area contributed by atoms with Gasteiger partial charge in [-0.25, -0.2) is 0 Å². The van der Waals surface area contributed by atoms with Crippen molar-refractivity contribution in [2.45, 2.75) is 13.3 Å². The molecule has 0 fully saturated rings. The molecule has 0 amide bonds. The molecule has 0 aliphatic rings. The van der Waals surface area contributed by atoms with Crippen LogP contribution in [0.25, 0.3) is 0 Å². The van der Waals surface area contributed by atoms with Crippen molar-refractivity contribution in [3.63, 3.8) is 0 Å². The van der Waals surface area contributed by atoms with E-state index in [4.69, 9.17) is 9.68 Å². The van der Waals surface area contributed by atoms with Gasteiger partial charge in [0, 0.05) is 12.3 Å². The van der Waals surface area contributed by atoms with Crippen molar-refractivity contribution in [3.05, 3.63) is 24.2 Å². The molecular weight excluding hydrogens is 154 g/mol.